The molecule has 3 heteroatoms. The molecule has 1 aromatic rings. The molecule has 1 aliphatic heterocycles. The summed E-state index contributed by atoms with van der Waals surface area (Å²) in [5.74, 6) is 0.338. The fourth-order valence-electron chi connectivity index (χ4n) is 2.04. The lowest BCUT2D eigenvalue weighted by Gasteiger charge is -2.16. The highest BCUT2D eigenvalue weighted by Gasteiger charge is 2.26. The van der Waals surface area contributed by atoms with E-state index in [2.05, 4.69) is 0 Å². The fraction of sp³-hybridized carbons (Fsp3) is 0.462. The van der Waals surface area contributed by atoms with Gasteiger partial charge in [0.15, 0.2) is 0 Å². The minimum absolute atomic E-state index is 0.0796. The second-order valence-corrected chi connectivity index (χ2v) is 4.45. The number of hydrogen-bond donors (Lipinski definition) is 1. The second-order valence-electron chi connectivity index (χ2n) is 4.45. The highest BCUT2D eigenvalue weighted by Crippen LogP contribution is 2.18. The van der Waals surface area contributed by atoms with Gasteiger partial charge in [0.2, 0.25) is 0 Å². The molecule has 1 fully saturated rings. The van der Waals surface area contributed by atoms with Crippen molar-refractivity contribution in [3.8, 4) is 0 Å². The predicted molar refractivity (Wildman–Crippen MR) is 62.3 cm³/mol. The van der Waals surface area contributed by atoms with Crippen LogP contribution in [0.15, 0.2) is 24.3 Å². The van der Waals surface area contributed by atoms with E-state index in [-0.39, 0.29) is 18.4 Å². The van der Waals surface area contributed by atoms with E-state index < -0.39 is 0 Å². The van der Waals surface area contributed by atoms with Gasteiger partial charge in [-0.15, -0.1) is 0 Å². The molecule has 16 heavy (non-hydrogen) atoms. The standard InChI is InChI=1S/C13H17NO2/c1-10-2-4-12(5-3-10)13(16)14-7-6-11(8-14)9-15/h2-5,11,15H,6-9H2,1H3/t11-/m0/s1. The molecular weight excluding hydrogens is 202 g/mol. The highest BCUT2D eigenvalue weighted by molar-refractivity contribution is 5.94. The van der Waals surface area contributed by atoms with Gasteiger partial charge in [0.05, 0.1) is 0 Å². The summed E-state index contributed by atoms with van der Waals surface area (Å²) in [4.78, 5) is 13.9. The Balaban J connectivity index is 2.05. The zero-order chi connectivity index (χ0) is 11.5. The first-order valence-electron chi connectivity index (χ1n) is 5.67. The van der Waals surface area contributed by atoms with Crippen molar-refractivity contribution >= 4 is 5.91 Å². The molecule has 86 valence electrons. The zero-order valence-corrected chi connectivity index (χ0v) is 9.52. The Bertz CT molecular complexity index is 372. The van der Waals surface area contributed by atoms with Crippen molar-refractivity contribution in [1.82, 2.24) is 4.90 Å². The Labute approximate surface area is 95.7 Å². The number of hydrogen-bond acceptors (Lipinski definition) is 2. The van der Waals surface area contributed by atoms with E-state index in [1.54, 1.807) is 0 Å². The van der Waals surface area contributed by atoms with Crippen LogP contribution in [0.25, 0.3) is 0 Å². The third kappa shape index (κ3) is 2.25. The highest BCUT2D eigenvalue weighted by atomic mass is 16.3. The Morgan fingerprint density at radius 1 is 1.44 bits per heavy atom. The van der Waals surface area contributed by atoms with E-state index in [4.69, 9.17) is 5.11 Å². The van der Waals surface area contributed by atoms with E-state index in [1.807, 2.05) is 36.1 Å². The first-order valence-corrected chi connectivity index (χ1v) is 5.67. The molecule has 1 saturated heterocycles. The average Bonchev–Trinajstić information content (AvgIpc) is 2.77. The smallest absolute Gasteiger partial charge is 0.253 e. The van der Waals surface area contributed by atoms with Crippen molar-refractivity contribution in [3.05, 3.63) is 35.4 Å². The van der Waals surface area contributed by atoms with Crippen LogP contribution in [0.1, 0.15) is 22.3 Å². The van der Waals surface area contributed by atoms with Gasteiger partial charge in [-0.1, -0.05) is 17.7 Å². The maximum atomic E-state index is 12.1. The van der Waals surface area contributed by atoms with E-state index in [9.17, 15) is 4.79 Å². The van der Waals surface area contributed by atoms with Gasteiger partial charge in [-0.2, -0.15) is 0 Å². The molecule has 0 unspecified atom stereocenters. The molecule has 3 nitrogen and oxygen atoms in total. The SMILES string of the molecule is Cc1ccc(C(=O)N2CC[C@H](CO)C2)cc1. The van der Waals surface area contributed by atoms with Gasteiger partial charge in [-0.25, -0.2) is 0 Å². The largest absolute Gasteiger partial charge is 0.396 e. The van der Waals surface area contributed by atoms with Gasteiger partial charge in [-0.3, -0.25) is 4.79 Å². The summed E-state index contributed by atoms with van der Waals surface area (Å²) in [6.45, 7) is 3.63. The molecule has 0 aromatic heterocycles. The zero-order valence-electron chi connectivity index (χ0n) is 9.52. The molecule has 1 heterocycles. The van der Waals surface area contributed by atoms with Crippen molar-refractivity contribution < 1.29 is 9.90 Å². The van der Waals surface area contributed by atoms with Crippen molar-refractivity contribution in [2.24, 2.45) is 5.92 Å². The third-order valence-electron chi connectivity index (χ3n) is 3.13. The Kier molecular flexibility index (Phi) is 3.25. The van der Waals surface area contributed by atoms with E-state index in [0.717, 1.165) is 24.1 Å². The topological polar surface area (TPSA) is 40.5 Å². The van der Waals surface area contributed by atoms with Crippen LogP contribution in [-0.4, -0.2) is 35.6 Å². The maximum Gasteiger partial charge on any atom is 0.253 e. The molecule has 2 rings (SSSR count). The number of nitrogens with zero attached hydrogens (tertiary/aromatic N) is 1. The number of aliphatic hydroxyl groups is 1. The monoisotopic (exact) mass is 219 g/mol. The van der Waals surface area contributed by atoms with Crippen LogP contribution >= 0.6 is 0 Å². The van der Waals surface area contributed by atoms with Crippen molar-refractivity contribution in [3.63, 3.8) is 0 Å². The summed E-state index contributed by atoms with van der Waals surface area (Å²) in [7, 11) is 0. The lowest BCUT2D eigenvalue weighted by molar-refractivity contribution is 0.0782. The van der Waals surface area contributed by atoms with Crippen molar-refractivity contribution in [2.75, 3.05) is 19.7 Å². The predicted octanol–water partition coefficient (Wildman–Crippen LogP) is 1.45. The van der Waals surface area contributed by atoms with Crippen LogP contribution in [0, 0.1) is 12.8 Å². The lowest BCUT2D eigenvalue weighted by atomic mass is 10.1. The number of aliphatic hydroxyl groups excluding tert-OH is 1. The number of rotatable bonds is 2. The summed E-state index contributed by atoms with van der Waals surface area (Å²) in [5.41, 5.74) is 1.90. The number of likely N-dealkylation sites (tertiary alicyclic amines) is 1. The van der Waals surface area contributed by atoms with Crippen LogP contribution in [-0.2, 0) is 0 Å². The molecule has 1 aromatic carbocycles. The van der Waals surface area contributed by atoms with Crippen LogP contribution in [0.5, 0.6) is 0 Å². The summed E-state index contributed by atoms with van der Waals surface area (Å²) < 4.78 is 0. The summed E-state index contributed by atoms with van der Waals surface area (Å²) >= 11 is 0. The van der Waals surface area contributed by atoms with Crippen LogP contribution < -0.4 is 0 Å². The van der Waals surface area contributed by atoms with Crippen molar-refractivity contribution in [1.29, 1.82) is 0 Å². The Morgan fingerprint density at radius 2 is 2.12 bits per heavy atom. The molecular formula is C13H17NO2. The number of amides is 1. The average molecular weight is 219 g/mol. The Morgan fingerprint density at radius 3 is 2.69 bits per heavy atom. The number of carbonyl (C=O) groups is 1. The van der Waals surface area contributed by atoms with Gasteiger partial charge in [0.25, 0.3) is 5.91 Å². The number of carbonyl (C=O) groups excluding carboxylic acids is 1. The van der Waals surface area contributed by atoms with Gasteiger partial charge in [-0.05, 0) is 25.5 Å². The fourth-order valence-corrected chi connectivity index (χ4v) is 2.04. The molecule has 1 atom stereocenters. The van der Waals surface area contributed by atoms with Crippen LogP contribution in [0.4, 0.5) is 0 Å². The first kappa shape index (κ1) is 11.1. The molecule has 1 amide bonds. The van der Waals surface area contributed by atoms with Gasteiger partial charge in [0.1, 0.15) is 0 Å². The molecule has 0 aliphatic carbocycles. The van der Waals surface area contributed by atoms with Gasteiger partial charge >= 0.3 is 0 Å². The summed E-state index contributed by atoms with van der Waals surface area (Å²) in [6, 6.07) is 7.63. The molecule has 0 spiro atoms. The molecule has 1 N–H and O–H groups in total. The lowest BCUT2D eigenvalue weighted by Crippen LogP contribution is -2.29. The van der Waals surface area contributed by atoms with E-state index >= 15 is 0 Å². The minimum Gasteiger partial charge on any atom is -0.396 e. The Hall–Kier alpha value is -1.35. The quantitative estimate of drug-likeness (QED) is 0.818. The second kappa shape index (κ2) is 4.66. The van der Waals surface area contributed by atoms with Gasteiger partial charge in [0, 0.05) is 31.2 Å². The molecule has 1 aliphatic rings. The van der Waals surface area contributed by atoms with Crippen molar-refractivity contribution in [2.45, 2.75) is 13.3 Å². The first-order chi connectivity index (χ1) is 7.70. The third-order valence-corrected chi connectivity index (χ3v) is 3.13. The maximum absolute atomic E-state index is 12.1. The molecule has 0 bridgehead atoms. The van der Waals surface area contributed by atoms with Crippen LogP contribution in [0.2, 0.25) is 0 Å². The van der Waals surface area contributed by atoms with E-state index in [0.29, 0.717) is 6.54 Å². The van der Waals surface area contributed by atoms with E-state index in [1.165, 1.54) is 0 Å². The molecule has 0 radical (unpaired) electrons. The number of benzene rings is 1. The molecule has 0 saturated carbocycles. The number of aryl methyl sites for hydroxylation is 1. The minimum atomic E-state index is 0.0796. The van der Waals surface area contributed by atoms with Gasteiger partial charge < -0.3 is 10.0 Å². The normalized spacial score (nSPS) is 20.1. The summed E-state index contributed by atoms with van der Waals surface area (Å²) in [5, 5.41) is 9.03. The van der Waals surface area contributed by atoms with Crippen LogP contribution in [0.3, 0.4) is 0 Å². The summed E-state index contributed by atoms with van der Waals surface area (Å²) in [6.07, 6.45) is 0.911.